The van der Waals surface area contributed by atoms with E-state index in [0.717, 1.165) is 5.57 Å². The van der Waals surface area contributed by atoms with E-state index in [4.69, 9.17) is 5.11 Å². The number of carbonyl (C=O) groups is 3. The van der Waals surface area contributed by atoms with Crippen LogP contribution in [0, 0.1) is 17.8 Å². The highest BCUT2D eigenvalue weighted by Gasteiger charge is 2.51. The number of nitrogens with zero attached hydrogens (tertiary/aromatic N) is 1. The maximum atomic E-state index is 12.6. The summed E-state index contributed by atoms with van der Waals surface area (Å²) >= 11 is 0. The van der Waals surface area contributed by atoms with Crippen molar-refractivity contribution in [2.75, 3.05) is 4.90 Å². The molecule has 0 bridgehead atoms. The van der Waals surface area contributed by atoms with Gasteiger partial charge in [0.25, 0.3) is 0 Å². The van der Waals surface area contributed by atoms with Gasteiger partial charge in [0.15, 0.2) is 0 Å². The third-order valence-corrected chi connectivity index (χ3v) is 4.50. The van der Waals surface area contributed by atoms with Gasteiger partial charge >= 0.3 is 5.97 Å². The number of carbonyl (C=O) groups excluding carboxylic acids is 2. The average Bonchev–Trinajstić information content (AvgIpc) is 2.70. The molecule has 1 aromatic rings. The fraction of sp³-hybridized carbons (Fsp3) is 0.353. The molecule has 114 valence electrons. The summed E-state index contributed by atoms with van der Waals surface area (Å²) < 4.78 is 0. The predicted molar refractivity (Wildman–Crippen MR) is 80.4 cm³/mol. The SMILES string of the molecule is CC1=C[C@H](C)[C@@H]2C(=O)N(c3ccc(C(=O)O)cc3)C(=O)[C@@H]2C1. The molecule has 5 heteroatoms. The summed E-state index contributed by atoms with van der Waals surface area (Å²) in [6, 6.07) is 5.85. The van der Waals surface area contributed by atoms with E-state index in [-0.39, 0.29) is 35.1 Å². The molecule has 1 saturated heterocycles. The topological polar surface area (TPSA) is 74.7 Å². The second kappa shape index (κ2) is 5.09. The van der Waals surface area contributed by atoms with Gasteiger partial charge in [0.05, 0.1) is 23.1 Å². The predicted octanol–water partition coefficient (Wildman–Crippen LogP) is 2.48. The number of amides is 2. The van der Waals surface area contributed by atoms with Crippen LogP contribution in [0.25, 0.3) is 0 Å². The summed E-state index contributed by atoms with van der Waals surface area (Å²) in [5.41, 5.74) is 1.71. The zero-order valence-electron chi connectivity index (χ0n) is 12.4. The van der Waals surface area contributed by atoms with Gasteiger partial charge < -0.3 is 5.11 Å². The largest absolute Gasteiger partial charge is 0.478 e. The molecule has 0 radical (unpaired) electrons. The lowest BCUT2D eigenvalue weighted by Crippen LogP contribution is -2.31. The second-order valence-electron chi connectivity index (χ2n) is 6.07. The van der Waals surface area contributed by atoms with E-state index >= 15 is 0 Å². The van der Waals surface area contributed by atoms with E-state index in [0.29, 0.717) is 12.1 Å². The van der Waals surface area contributed by atoms with E-state index in [1.165, 1.54) is 29.2 Å². The summed E-state index contributed by atoms with van der Waals surface area (Å²) in [6.07, 6.45) is 2.67. The molecule has 1 N–H and O–H groups in total. The molecular formula is C17H17NO4. The van der Waals surface area contributed by atoms with Crippen molar-refractivity contribution in [2.45, 2.75) is 20.3 Å². The molecule has 1 aromatic carbocycles. The minimum Gasteiger partial charge on any atom is -0.478 e. The number of carboxylic acids is 1. The van der Waals surface area contributed by atoms with Gasteiger partial charge in [-0.05, 0) is 43.5 Å². The maximum Gasteiger partial charge on any atom is 0.335 e. The molecule has 5 nitrogen and oxygen atoms in total. The van der Waals surface area contributed by atoms with Crippen molar-refractivity contribution in [3.8, 4) is 0 Å². The smallest absolute Gasteiger partial charge is 0.335 e. The standard InChI is InChI=1S/C17H17NO4/c1-9-7-10(2)14-13(8-9)15(19)18(16(14)20)12-5-3-11(4-6-12)17(21)22/h3-7,10,13-14H,8H2,1-2H3,(H,21,22)/t10-,13+,14-/m0/s1. The van der Waals surface area contributed by atoms with E-state index in [1.54, 1.807) is 0 Å². The fourth-order valence-electron chi connectivity index (χ4n) is 3.53. The lowest BCUT2D eigenvalue weighted by Gasteiger charge is -2.25. The van der Waals surface area contributed by atoms with Gasteiger partial charge in [-0.3, -0.25) is 14.5 Å². The number of rotatable bonds is 2. The molecular weight excluding hydrogens is 282 g/mol. The van der Waals surface area contributed by atoms with Crippen LogP contribution in [0.5, 0.6) is 0 Å². The van der Waals surface area contributed by atoms with Crippen LogP contribution in [0.1, 0.15) is 30.6 Å². The van der Waals surface area contributed by atoms with Gasteiger partial charge in [-0.2, -0.15) is 0 Å². The molecule has 1 aliphatic heterocycles. The van der Waals surface area contributed by atoms with Crippen molar-refractivity contribution >= 4 is 23.5 Å². The molecule has 3 rings (SSSR count). The number of carboxylic acid groups (broad SMARTS) is 1. The number of fused-ring (bicyclic) bond motifs is 1. The Morgan fingerprint density at radius 1 is 1.18 bits per heavy atom. The third-order valence-electron chi connectivity index (χ3n) is 4.50. The van der Waals surface area contributed by atoms with Crippen LogP contribution in [-0.2, 0) is 9.59 Å². The summed E-state index contributed by atoms with van der Waals surface area (Å²) in [6.45, 7) is 3.94. The molecule has 2 aliphatic rings. The minimum absolute atomic E-state index is 0.0403. The van der Waals surface area contributed by atoms with Crippen molar-refractivity contribution < 1.29 is 19.5 Å². The monoisotopic (exact) mass is 299 g/mol. The second-order valence-corrected chi connectivity index (χ2v) is 6.07. The number of hydrogen-bond acceptors (Lipinski definition) is 3. The highest BCUT2D eigenvalue weighted by molar-refractivity contribution is 6.22. The zero-order valence-corrected chi connectivity index (χ0v) is 12.4. The summed E-state index contributed by atoms with van der Waals surface area (Å²) in [7, 11) is 0. The highest BCUT2D eigenvalue weighted by atomic mass is 16.4. The number of anilines is 1. The van der Waals surface area contributed by atoms with Gasteiger partial charge in [-0.25, -0.2) is 4.79 Å². The highest BCUT2D eigenvalue weighted by Crippen LogP contribution is 2.42. The number of benzene rings is 1. The van der Waals surface area contributed by atoms with Crippen LogP contribution in [0.2, 0.25) is 0 Å². The fourth-order valence-corrected chi connectivity index (χ4v) is 3.53. The zero-order chi connectivity index (χ0) is 16.0. The summed E-state index contributed by atoms with van der Waals surface area (Å²) in [4.78, 5) is 37.4. The Morgan fingerprint density at radius 2 is 1.82 bits per heavy atom. The lowest BCUT2D eigenvalue weighted by molar-refractivity contribution is -0.122. The molecule has 2 amide bonds. The normalized spacial score (nSPS) is 27.6. The molecule has 0 unspecified atom stereocenters. The summed E-state index contributed by atoms with van der Waals surface area (Å²) in [5.74, 6) is -1.97. The Labute approximate surface area is 128 Å². The van der Waals surface area contributed by atoms with Crippen LogP contribution in [-0.4, -0.2) is 22.9 Å². The Bertz CT molecular complexity index is 689. The van der Waals surface area contributed by atoms with E-state index < -0.39 is 5.97 Å². The van der Waals surface area contributed by atoms with Crippen molar-refractivity contribution in [2.24, 2.45) is 17.8 Å². The van der Waals surface area contributed by atoms with Gasteiger partial charge in [0.2, 0.25) is 11.8 Å². The molecule has 1 heterocycles. The first kappa shape index (κ1) is 14.5. The molecule has 0 aromatic heterocycles. The minimum atomic E-state index is -1.03. The molecule has 0 saturated carbocycles. The third kappa shape index (κ3) is 2.13. The quantitative estimate of drug-likeness (QED) is 0.672. The Kier molecular flexibility index (Phi) is 3.35. The van der Waals surface area contributed by atoms with E-state index in [2.05, 4.69) is 6.08 Å². The van der Waals surface area contributed by atoms with Crippen LogP contribution in [0.15, 0.2) is 35.9 Å². The number of allylic oxidation sites excluding steroid dienone is 2. The number of hydrogen-bond donors (Lipinski definition) is 1. The summed E-state index contributed by atoms with van der Waals surface area (Å²) in [5, 5.41) is 8.92. The first-order valence-electron chi connectivity index (χ1n) is 7.28. The molecule has 0 spiro atoms. The van der Waals surface area contributed by atoms with Gasteiger partial charge in [-0.15, -0.1) is 0 Å². The molecule has 3 atom stereocenters. The first-order chi connectivity index (χ1) is 10.4. The van der Waals surface area contributed by atoms with Crippen LogP contribution in [0.4, 0.5) is 5.69 Å². The maximum absolute atomic E-state index is 12.6. The number of imide groups is 1. The van der Waals surface area contributed by atoms with Crippen molar-refractivity contribution in [3.05, 3.63) is 41.5 Å². The molecule has 22 heavy (non-hydrogen) atoms. The Balaban J connectivity index is 1.94. The van der Waals surface area contributed by atoms with Crippen molar-refractivity contribution in [3.63, 3.8) is 0 Å². The van der Waals surface area contributed by atoms with Crippen LogP contribution in [0.3, 0.4) is 0 Å². The van der Waals surface area contributed by atoms with Crippen LogP contribution < -0.4 is 4.90 Å². The Hall–Kier alpha value is -2.43. The van der Waals surface area contributed by atoms with Crippen molar-refractivity contribution in [1.29, 1.82) is 0 Å². The Morgan fingerprint density at radius 3 is 2.41 bits per heavy atom. The molecule has 1 aliphatic carbocycles. The van der Waals surface area contributed by atoms with Gasteiger partial charge in [0.1, 0.15) is 0 Å². The molecule has 1 fully saturated rings. The number of aromatic carboxylic acids is 1. The van der Waals surface area contributed by atoms with Crippen molar-refractivity contribution in [1.82, 2.24) is 0 Å². The van der Waals surface area contributed by atoms with E-state index in [1.807, 2.05) is 13.8 Å². The average molecular weight is 299 g/mol. The van der Waals surface area contributed by atoms with Gasteiger partial charge in [-0.1, -0.05) is 18.6 Å². The van der Waals surface area contributed by atoms with E-state index in [9.17, 15) is 14.4 Å². The van der Waals surface area contributed by atoms with Gasteiger partial charge in [0, 0.05) is 0 Å². The first-order valence-corrected chi connectivity index (χ1v) is 7.28. The lowest BCUT2D eigenvalue weighted by atomic mass is 9.76. The van der Waals surface area contributed by atoms with Crippen LogP contribution >= 0.6 is 0 Å².